The molecule has 106 valence electrons. The number of nitrogens with one attached hydrogen (secondary N) is 1. The molecule has 3 nitrogen and oxygen atoms in total. The molecule has 3 heteroatoms. The predicted octanol–water partition coefficient (Wildman–Crippen LogP) is 2.69. The van der Waals surface area contributed by atoms with Crippen LogP contribution in [0, 0.1) is 17.3 Å². The molecule has 1 aliphatic carbocycles. The van der Waals surface area contributed by atoms with Crippen molar-refractivity contribution in [2.45, 2.75) is 59.3 Å². The van der Waals surface area contributed by atoms with E-state index in [9.17, 15) is 4.79 Å². The Kier molecular flexibility index (Phi) is 6.13. The molecule has 0 atom stereocenters. The van der Waals surface area contributed by atoms with E-state index in [4.69, 9.17) is 5.73 Å². The van der Waals surface area contributed by atoms with Crippen molar-refractivity contribution >= 4 is 5.91 Å². The zero-order chi connectivity index (χ0) is 13.6. The standard InChI is InChI=1S/C15H30N2O/c1-4-9-15(2,3)11-17-14(18)13-7-5-12(10-16)6-8-13/h12-13H,4-11,16H2,1-3H3,(H,17,18). The van der Waals surface area contributed by atoms with Crippen LogP contribution in [0.5, 0.6) is 0 Å². The van der Waals surface area contributed by atoms with Crippen LogP contribution >= 0.6 is 0 Å². The van der Waals surface area contributed by atoms with Gasteiger partial charge >= 0.3 is 0 Å². The van der Waals surface area contributed by atoms with Crippen LogP contribution < -0.4 is 11.1 Å². The Hall–Kier alpha value is -0.570. The van der Waals surface area contributed by atoms with Gasteiger partial charge in [-0.25, -0.2) is 0 Å². The van der Waals surface area contributed by atoms with Crippen LogP contribution in [0.2, 0.25) is 0 Å². The Morgan fingerprint density at radius 1 is 1.28 bits per heavy atom. The molecule has 0 aliphatic heterocycles. The van der Waals surface area contributed by atoms with E-state index in [1.807, 2.05) is 0 Å². The third kappa shape index (κ3) is 4.97. The minimum atomic E-state index is 0.221. The minimum absolute atomic E-state index is 0.221. The molecule has 0 unspecified atom stereocenters. The summed E-state index contributed by atoms with van der Waals surface area (Å²) in [5, 5.41) is 3.14. The Bertz CT molecular complexity index is 255. The predicted molar refractivity (Wildman–Crippen MR) is 76.2 cm³/mol. The van der Waals surface area contributed by atoms with E-state index in [1.165, 1.54) is 6.42 Å². The molecular formula is C15H30N2O. The van der Waals surface area contributed by atoms with Crippen molar-refractivity contribution in [1.82, 2.24) is 5.32 Å². The van der Waals surface area contributed by atoms with Crippen LogP contribution in [0.4, 0.5) is 0 Å². The molecule has 0 heterocycles. The van der Waals surface area contributed by atoms with Crippen LogP contribution in [0.25, 0.3) is 0 Å². The summed E-state index contributed by atoms with van der Waals surface area (Å²) in [7, 11) is 0. The van der Waals surface area contributed by atoms with E-state index < -0.39 is 0 Å². The molecule has 1 amide bonds. The van der Waals surface area contributed by atoms with Gasteiger partial charge in [0.05, 0.1) is 0 Å². The minimum Gasteiger partial charge on any atom is -0.355 e. The molecular weight excluding hydrogens is 224 g/mol. The highest BCUT2D eigenvalue weighted by Gasteiger charge is 2.26. The van der Waals surface area contributed by atoms with Crippen molar-refractivity contribution < 1.29 is 4.79 Å². The van der Waals surface area contributed by atoms with E-state index in [-0.39, 0.29) is 17.2 Å². The highest BCUT2D eigenvalue weighted by Crippen LogP contribution is 2.28. The van der Waals surface area contributed by atoms with Gasteiger partial charge in [0.15, 0.2) is 0 Å². The second-order valence-corrected chi connectivity index (χ2v) is 6.59. The second kappa shape index (κ2) is 7.13. The quantitative estimate of drug-likeness (QED) is 0.765. The first-order valence-electron chi connectivity index (χ1n) is 7.46. The molecule has 0 aromatic carbocycles. The van der Waals surface area contributed by atoms with Gasteiger partial charge in [-0.05, 0) is 50.0 Å². The van der Waals surface area contributed by atoms with Gasteiger partial charge in [-0.15, -0.1) is 0 Å². The second-order valence-electron chi connectivity index (χ2n) is 6.59. The summed E-state index contributed by atoms with van der Waals surface area (Å²) >= 11 is 0. The summed E-state index contributed by atoms with van der Waals surface area (Å²) in [6, 6.07) is 0. The lowest BCUT2D eigenvalue weighted by atomic mass is 9.81. The van der Waals surface area contributed by atoms with E-state index in [2.05, 4.69) is 26.1 Å². The monoisotopic (exact) mass is 254 g/mol. The first-order valence-corrected chi connectivity index (χ1v) is 7.46. The number of carbonyl (C=O) groups excluding carboxylic acids is 1. The smallest absolute Gasteiger partial charge is 0.223 e. The fraction of sp³-hybridized carbons (Fsp3) is 0.933. The maximum Gasteiger partial charge on any atom is 0.223 e. The molecule has 0 aromatic heterocycles. The fourth-order valence-electron chi connectivity index (χ4n) is 2.90. The summed E-state index contributed by atoms with van der Waals surface area (Å²) in [5.74, 6) is 1.13. The van der Waals surface area contributed by atoms with Crippen molar-refractivity contribution in [2.24, 2.45) is 23.0 Å². The molecule has 3 N–H and O–H groups in total. The molecule has 0 spiro atoms. The van der Waals surface area contributed by atoms with Gasteiger partial charge in [0.25, 0.3) is 0 Å². The van der Waals surface area contributed by atoms with Crippen molar-refractivity contribution in [3.63, 3.8) is 0 Å². The summed E-state index contributed by atoms with van der Waals surface area (Å²) in [6.07, 6.45) is 6.60. The highest BCUT2D eigenvalue weighted by atomic mass is 16.1. The molecule has 1 rings (SSSR count). The number of nitrogens with two attached hydrogens (primary N) is 1. The van der Waals surface area contributed by atoms with Crippen LogP contribution in [0.1, 0.15) is 59.3 Å². The first kappa shape index (κ1) is 15.5. The Balaban J connectivity index is 2.29. The largest absolute Gasteiger partial charge is 0.355 e. The summed E-state index contributed by atoms with van der Waals surface area (Å²) in [6.45, 7) is 8.22. The lowest BCUT2D eigenvalue weighted by molar-refractivity contribution is -0.126. The molecule has 0 bridgehead atoms. The molecule has 0 radical (unpaired) electrons. The molecule has 18 heavy (non-hydrogen) atoms. The first-order chi connectivity index (χ1) is 8.48. The zero-order valence-corrected chi connectivity index (χ0v) is 12.3. The van der Waals surface area contributed by atoms with Gasteiger partial charge in [0.2, 0.25) is 5.91 Å². The summed E-state index contributed by atoms with van der Waals surface area (Å²) < 4.78 is 0. The van der Waals surface area contributed by atoms with E-state index in [0.717, 1.165) is 45.2 Å². The van der Waals surface area contributed by atoms with E-state index >= 15 is 0 Å². The summed E-state index contributed by atoms with van der Waals surface area (Å²) in [4.78, 5) is 12.1. The van der Waals surface area contributed by atoms with Crippen molar-refractivity contribution in [3.05, 3.63) is 0 Å². The van der Waals surface area contributed by atoms with Gasteiger partial charge in [0, 0.05) is 12.5 Å². The molecule has 1 fully saturated rings. The van der Waals surface area contributed by atoms with Crippen LogP contribution in [-0.2, 0) is 4.79 Å². The van der Waals surface area contributed by atoms with Gasteiger partial charge < -0.3 is 11.1 Å². The van der Waals surface area contributed by atoms with Gasteiger partial charge in [-0.3, -0.25) is 4.79 Å². The normalized spacial score (nSPS) is 24.9. The van der Waals surface area contributed by atoms with Gasteiger partial charge in [-0.2, -0.15) is 0 Å². The average Bonchev–Trinajstić information content (AvgIpc) is 2.36. The van der Waals surface area contributed by atoms with Crippen molar-refractivity contribution in [1.29, 1.82) is 0 Å². The van der Waals surface area contributed by atoms with Crippen molar-refractivity contribution in [2.75, 3.05) is 13.1 Å². The number of amides is 1. The lowest BCUT2D eigenvalue weighted by Gasteiger charge is -2.29. The van der Waals surface area contributed by atoms with E-state index in [1.54, 1.807) is 0 Å². The molecule has 0 aromatic rings. The number of hydrogen-bond donors (Lipinski definition) is 2. The molecule has 0 saturated heterocycles. The van der Waals surface area contributed by atoms with Gasteiger partial charge in [0.1, 0.15) is 0 Å². The van der Waals surface area contributed by atoms with E-state index in [0.29, 0.717) is 5.92 Å². The Morgan fingerprint density at radius 3 is 2.39 bits per heavy atom. The topological polar surface area (TPSA) is 55.1 Å². The number of carbonyl (C=O) groups is 1. The highest BCUT2D eigenvalue weighted by molar-refractivity contribution is 5.78. The van der Waals surface area contributed by atoms with Crippen LogP contribution in [0.15, 0.2) is 0 Å². The third-order valence-corrected chi connectivity index (χ3v) is 4.22. The Morgan fingerprint density at radius 2 is 1.89 bits per heavy atom. The number of rotatable bonds is 6. The summed E-state index contributed by atoms with van der Waals surface area (Å²) in [5.41, 5.74) is 5.89. The van der Waals surface area contributed by atoms with Crippen LogP contribution in [0.3, 0.4) is 0 Å². The van der Waals surface area contributed by atoms with Crippen LogP contribution in [-0.4, -0.2) is 19.0 Å². The maximum absolute atomic E-state index is 12.1. The average molecular weight is 254 g/mol. The molecule has 1 aliphatic rings. The fourth-order valence-corrected chi connectivity index (χ4v) is 2.90. The maximum atomic E-state index is 12.1. The van der Waals surface area contributed by atoms with Crippen molar-refractivity contribution in [3.8, 4) is 0 Å². The lowest BCUT2D eigenvalue weighted by Crippen LogP contribution is -2.39. The Labute approximate surface area is 112 Å². The third-order valence-electron chi connectivity index (χ3n) is 4.22. The van der Waals surface area contributed by atoms with Gasteiger partial charge in [-0.1, -0.05) is 27.2 Å². The SMILES string of the molecule is CCCC(C)(C)CNC(=O)C1CCC(CN)CC1. The number of hydrogen-bond acceptors (Lipinski definition) is 2. The molecule has 1 saturated carbocycles. The zero-order valence-electron chi connectivity index (χ0n) is 12.3.